The molecule has 2 aromatic heterocycles. The molecular formula is C25H22N6O3S. The summed E-state index contributed by atoms with van der Waals surface area (Å²) in [5.41, 5.74) is 4.42. The number of carbonyl (C=O) groups is 1. The molecule has 5 aromatic rings. The molecule has 1 amide bonds. The minimum Gasteiger partial charge on any atom is -0.496 e. The van der Waals surface area contributed by atoms with Crippen LogP contribution in [0, 0.1) is 6.92 Å². The van der Waals surface area contributed by atoms with E-state index in [2.05, 4.69) is 25.5 Å². The molecule has 9 nitrogen and oxygen atoms in total. The van der Waals surface area contributed by atoms with Crippen molar-refractivity contribution >= 4 is 34.4 Å². The summed E-state index contributed by atoms with van der Waals surface area (Å²) >= 11 is 1.28. The first-order valence-corrected chi connectivity index (χ1v) is 11.8. The van der Waals surface area contributed by atoms with E-state index in [9.17, 15) is 9.59 Å². The monoisotopic (exact) mass is 486 g/mol. The minimum atomic E-state index is -0.291. The van der Waals surface area contributed by atoms with Gasteiger partial charge in [-0.3, -0.25) is 9.36 Å². The number of ether oxygens (including phenoxy) is 1. The van der Waals surface area contributed by atoms with Gasteiger partial charge in [-0.25, -0.2) is 4.79 Å². The average molecular weight is 487 g/mol. The third-order valence-electron chi connectivity index (χ3n) is 5.41. The van der Waals surface area contributed by atoms with Crippen molar-refractivity contribution in [2.75, 3.05) is 18.2 Å². The third kappa shape index (κ3) is 4.69. The lowest BCUT2D eigenvalue weighted by atomic mass is 10.1. The van der Waals surface area contributed by atoms with Crippen LogP contribution in [-0.4, -0.2) is 43.5 Å². The van der Waals surface area contributed by atoms with Crippen LogP contribution < -0.4 is 15.7 Å². The van der Waals surface area contributed by atoms with Crippen LogP contribution in [0.15, 0.2) is 76.7 Å². The number of rotatable bonds is 7. The number of aryl methyl sites for hydroxylation is 1. The van der Waals surface area contributed by atoms with Crippen molar-refractivity contribution in [1.29, 1.82) is 0 Å². The van der Waals surface area contributed by atoms with E-state index in [1.165, 1.54) is 11.8 Å². The van der Waals surface area contributed by atoms with Gasteiger partial charge in [-0.1, -0.05) is 41.6 Å². The molecule has 0 aliphatic heterocycles. The Bertz CT molecular complexity index is 1570. The first-order chi connectivity index (χ1) is 17.0. The molecular weight excluding hydrogens is 464 g/mol. The summed E-state index contributed by atoms with van der Waals surface area (Å²) in [5, 5.41) is 12.3. The smallest absolute Gasteiger partial charge is 0.323 e. The summed E-state index contributed by atoms with van der Waals surface area (Å²) in [5.74, 6) is 1.22. The van der Waals surface area contributed by atoms with Gasteiger partial charge in [0.2, 0.25) is 5.91 Å². The lowest BCUT2D eigenvalue weighted by Crippen LogP contribution is -2.14. The van der Waals surface area contributed by atoms with Gasteiger partial charge in [0.15, 0.2) is 11.0 Å². The molecule has 0 saturated heterocycles. The van der Waals surface area contributed by atoms with Crippen LogP contribution in [0.3, 0.4) is 0 Å². The Morgan fingerprint density at radius 3 is 2.60 bits per heavy atom. The topological polar surface area (TPSA) is 118 Å². The van der Waals surface area contributed by atoms with E-state index in [0.29, 0.717) is 33.5 Å². The van der Waals surface area contributed by atoms with Crippen LogP contribution in [0.25, 0.3) is 28.1 Å². The van der Waals surface area contributed by atoms with Gasteiger partial charge in [0.05, 0.1) is 29.5 Å². The molecule has 0 bridgehead atoms. The fourth-order valence-corrected chi connectivity index (χ4v) is 4.48. The number of para-hydroxylation sites is 1. The summed E-state index contributed by atoms with van der Waals surface area (Å²) in [7, 11) is 1.62. The third-order valence-corrected chi connectivity index (χ3v) is 6.33. The number of nitrogens with one attached hydrogen (secondary N) is 3. The number of nitrogens with zero attached hydrogens (tertiary/aromatic N) is 3. The number of anilines is 1. The van der Waals surface area contributed by atoms with E-state index >= 15 is 0 Å². The fraction of sp³-hybridized carbons (Fsp3) is 0.120. The molecule has 35 heavy (non-hydrogen) atoms. The van der Waals surface area contributed by atoms with E-state index in [-0.39, 0.29) is 17.3 Å². The van der Waals surface area contributed by atoms with E-state index < -0.39 is 0 Å². The lowest BCUT2D eigenvalue weighted by molar-refractivity contribution is -0.113. The lowest BCUT2D eigenvalue weighted by Gasteiger charge is -2.13. The maximum Gasteiger partial charge on any atom is 0.323 e. The summed E-state index contributed by atoms with van der Waals surface area (Å²) in [6, 6.07) is 20.8. The quantitative estimate of drug-likeness (QED) is 0.298. The van der Waals surface area contributed by atoms with Crippen LogP contribution >= 0.6 is 11.8 Å². The van der Waals surface area contributed by atoms with Gasteiger partial charge in [0.25, 0.3) is 0 Å². The predicted octanol–water partition coefficient (Wildman–Crippen LogP) is 4.15. The Morgan fingerprint density at radius 1 is 1.03 bits per heavy atom. The Balaban J connectivity index is 1.41. The van der Waals surface area contributed by atoms with Gasteiger partial charge >= 0.3 is 5.69 Å². The minimum absolute atomic E-state index is 0.123. The molecule has 0 radical (unpaired) electrons. The zero-order valence-electron chi connectivity index (χ0n) is 19.0. The second kappa shape index (κ2) is 9.51. The van der Waals surface area contributed by atoms with E-state index in [1.807, 2.05) is 60.0 Å². The largest absolute Gasteiger partial charge is 0.496 e. The van der Waals surface area contributed by atoms with Gasteiger partial charge in [0.1, 0.15) is 5.75 Å². The van der Waals surface area contributed by atoms with Crippen molar-refractivity contribution in [2.24, 2.45) is 0 Å². The molecule has 0 spiro atoms. The van der Waals surface area contributed by atoms with Crippen LogP contribution in [0.5, 0.6) is 5.75 Å². The number of H-pyrrole nitrogens is 2. The molecule has 0 aliphatic carbocycles. The second-order valence-electron chi connectivity index (χ2n) is 7.85. The molecule has 0 unspecified atom stereocenters. The van der Waals surface area contributed by atoms with Gasteiger partial charge in [0, 0.05) is 11.4 Å². The zero-order chi connectivity index (χ0) is 24.4. The molecule has 0 saturated carbocycles. The number of fused-ring (bicyclic) bond motifs is 1. The second-order valence-corrected chi connectivity index (χ2v) is 8.80. The average Bonchev–Trinajstić information content (AvgIpc) is 3.45. The zero-order valence-corrected chi connectivity index (χ0v) is 19.8. The van der Waals surface area contributed by atoms with E-state index in [0.717, 1.165) is 16.8 Å². The first-order valence-electron chi connectivity index (χ1n) is 10.8. The maximum atomic E-state index is 12.7. The number of carbonyl (C=O) groups excluding carboxylic acids is 1. The number of imidazole rings is 1. The summed E-state index contributed by atoms with van der Waals surface area (Å²) in [6.07, 6.45) is 0. The molecule has 0 fully saturated rings. The predicted molar refractivity (Wildman–Crippen MR) is 136 cm³/mol. The summed E-state index contributed by atoms with van der Waals surface area (Å²) < 4.78 is 7.46. The van der Waals surface area contributed by atoms with Crippen LogP contribution in [0.1, 0.15) is 5.56 Å². The van der Waals surface area contributed by atoms with Gasteiger partial charge in [-0.2, -0.15) is 0 Å². The van der Waals surface area contributed by atoms with Crippen molar-refractivity contribution < 1.29 is 9.53 Å². The number of thioether (sulfide) groups is 1. The number of benzene rings is 3. The molecule has 2 heterocycles. The van der Waals surface area contributed by atoms with Gasteiger partial charge in [-0.05, 0) is 49.4 Å². The number of hydrogen-bond acceptors (Lipinski definition) is 6. The number of aromatic nitrogens is 5. The van der Waals surface area contributed by atoms with Crippen molar-refractivity contribution in [1.82, 2.24) is 24.7 Å². The SMILES string of the molecule is COc1ccccc1-c1nnc(SCC(=O)Nc2ccc3[nH]c(=O)[nH]c3c2)n1-c1ccc(C)cc1. The molecule has 176 valence electrons. The molecule has 3 aromatic carbocycles. The molecule has 0 aliphatic rings. The van der Waals surface area contributed by atoms with E-state index in [4.69, 9.17) is 4.74 Å². The number of amides is 1. The van der Waals surface area contributed by atoms with Crippen molar-refractivity contribution in [3.63, 3.8) is 0 Å². The standard InChI is InChI=1S/C25H22N6O3S/c1-15-7-10-17(11-8-15)31-23(18-5-3-4-6-21(18)34-2)29-30-25(31)35-14-22(32)26-16-9-12-19-20(13-16)28-24(33)27-19/h3-13H,14H2,1-2H3,(H,26,32)(H2,27,28,33). The summed E-state index contributed by atoms with van der Waals surface area (Å²) in [6.45, 7) is 2.03. The fourth-order valence-electron chi connectivity index (χ4n) is 3.73. The van der Waals surface area contributed by atoms with Crippen LogP contribution in [0.4, 0.5) is 5.69 Å². The van der Waals surface area contributed by atoms with Gasteiger partial charge in [-0.15, -0.1) is 10.2 Å². The molecule has 3 N–H and O–H groups in total. The van der Waals surface area contributed by atoms with Crippen molar-refractivity contribution in [2.45, 2.75) is 12.1 Å². The molecule has 5 rings (SSSR count). The Kier molecular flexibility index (Phi) is 6.11. The Labute approximate surface area is 204 Å². The number of aromatic amines is 2. The normalized spacial score (nSPS) is 11.0. The number of hydrogen-bond donors (Lipinski definition) is 3. The highest BCUT2D eigenvalue weighted by atomic mass is 32.2. The highest BCUT2D eigenvalue weighted by Crippen LogP contribution is 2.33. The van der Waals surface area contributed by atoms with Gasteiger partial charge < -0.3 is 20.0 Å². The molecule has 0 atom stereocenters. The Hall–Kier alpha value is -4.31. The highest BCUT2D eigenvalue weighted by molar-refractivity contribution is 7.99. The maximum absolute atomic E-state index is 12.7. The molecule has 10 heteroatoms. The highest BCUT2D eigenvalue weighted by Gasteiger charge is 2.20. The first kappa shape index (κ1) is 22.5. The van der Waals surface area contributed by atoms with Crippen LogP contribution in [0.2, 0.25) is 0 Å². The van der Waals surface area contributed by atoms with Crippen LogP contribution in [-0.2, 0) is 4.79 Å². The van der Waals surface area contributed by atoms with Crippen molar-refractivity contribution in [3.05, 3.63) is 82.8 Å². The summed E-state index contributed by atoms with van der Waals surface area (Å²) in [4.78, 5) is 29.5. The van der Waals surface area contributed by atoms with Crippen molar-refractivity contribution in [3.8, 4) is 22.8 Å². The Morgan fingerprint density at radius 2 is 1.80 bits per heavy atom. The van der Waals surface area contributed by atoms with E-state index in [1.54, 1.807) is 25.3 Å². The number of methoxy groups -OCH3 is 1.